The Morgan fingerprint density at radius 3 is 2.60 bits per heavy atom. The van der Waals surface area contributed by atoms with Gasteiger partial charge in [-0.2, -0.15) is 0 Å². The Balaban J connectivity index is 1.60. The first-order chi connectivity index (χ1) is 14.4. The van der Waals surface area contributed by atoms with E-state index in [1.54, 1.807) is 31.0 Å². The lowest BCUT2D eigenvalue weighted by Crippen LogP contribution is -2.50. The summed E-state index contributed by atoms with van der Waals surface area (Å²) in [4.78, 5) is 14.8. The van der Waals surface area contributed by atoms with Gasteiger partial charge < -0.3 is 14.9 Å². The number of aromatic hydroxyl groups is 1. The Bertz CT molecular complexity index is 972. The molecule has 0 heterocycles. The molecular formula is C25H28O4S. The fourth-order valence-corrected chi connectivity index (χ4v) is 7.64. The Kier molecular flexibility index (Phi) is 4.86. The number of benzene rings is 2. The first-order valence-electron chi connectivity index (χ1n) is 10.8. The number of aliphatic hydroxyl groups excluding tert-OH is 1. The number of carbonyl (C=O) groups is 1. The van der Waals surface area contributed by atoms with Gasteiger partial charge in [0.25, 0.3) is 0 Å². The van der Waals surface area contributed by atoms with E-state index in [4.69, 9.17) is 4.74 Å². The van der Waals surface area contributed by atoms with Gasteiger partial charge in [0, 0.05) is 10.5 Å². The second-order valence-electron chi connectivity index (χ2n) is 9.28. The fraction of sp³-hybridized carbons (Fsp3) is 0.480. The maximum atomic E-state index is 13.8. The molecule has 2 fully saturated rings. The van der Waals surface area contributed by atoms with Crippen LogP contribution < -0.4 is 4.74 Å². The first-order valence-corrected chi connectivity index (χ1v) is 11.7. The molecule has 6 atom stereocenters. The first kappa shape index (κ1) is 20.0. The normalized spacial score (nSPS) is 34.8. The second-order valence-corrected chi connectivity index (χ2v) is 10.5. The third-order valence-corrected chi connectivity index (χ3v) is 9.24. The zero-order valence-corrected chi connectivity index (χ0v) is 18.2. The zero-order valence-electron chi connectivity index (χ0n) is 17.4. The van der Waals surface area contributed by atoms with Crippen LogP contribution >= 0.6 is 11.8 Å². The van der Waals surface area contributed by atoms with Crippen molar-refractivity contribution >= 4 is 17.5 Å². The molecule has 0 aliphatic heterocycles. The van der Waals surface area contributed by atoms with Crippen molar-refractivity contribution < 1.29 is 19.7 Å². The minimum absolute atomic E-state index is 0.112. The lowest BCUT2D eigenvalue weighted by atomic mass is 9.55. The molecule has 5 heteroatoms. The van der Waals surface area contributed by atoms with Crippen LogP contribution in [-0.2, 0) is 0 Å². The maximum absolute atomic E-state index is 13.8. The van der Waals surface area contributed by atoms with E-state index in [1.807, 2.05) is 24.3 Å². The minimum Gasteiger partial charge on any atom is -0.508 e. The van der Waals surface area contributed by atoms with Crippen LogP contribution in [0.1, 0.15) is 54.4 Å². The molecule has 5 rings (SSSR count). The molecule has 4 nitrogen and oxygen atoms in total. The quantitative estimate of drug-likeness (QED) is 0.723. The van der Waals surface area contributed by atoms with E-state index in [9.17, 15) is 15.0 Å². The van der Waals surface area contributed by atoms with Crippen molar-refractivity contribution in [3.8, 4) is 11.5 Å². The molecule has 3 aliphatic rings. The minimum atomic E-state index is -0.282. The van der Waals surface area contributed by atoms with Gasteiger partial charge in [-0.3, -0.25) is 4.79 Å². The molecule has 0 bridgehead atoms. The molecule has 30 heavy (non-hydrogen) atoms. The number of phenolic OH excluding ortho intramolecular Hbond substituents is 1. The number of phenols is 1. The SMILES string of the molecule is COc1ccc2c(c1)C(=O)C(Sc1ccc(O)cc1)C1C2CCC2(C)C(O)CCC12. The molecule has 0 spiro atoms. The summed E-state index contributed by atoms with van der Waals surface area (Å²) in [6, 6.07) is 13.1. The number of ether oxygens (including phenoxy) is 1. The van der Waals surface area contributed by atoms with Crippen molar-refractivity contribution in [2.75, 3.05) is 7.11 Å². The standard InChI is InChI=1S/C25H28O4S/c1-25-12-11-18-17-8-5-15(29-2)13-19(17)23(28)24(22(18)20(25)9-10-21(25)27)30-16-6-3-14(26)4-7-16/h3-8,13,18,20-22,24,26-27H,9-12H2,1-2H3. The highest BCUT2D eigenvalue weighted by Gasteiger charge is 2.58. The van der Waals surface area contributed by atoms with Gasteiger partial charge in [-0.15, -0.1) is 11.8 Å². The molecule has 6 unspecified atom stereocenters. The summed E-state index contributed by atoms with van der Waals surface area (Å²) in [5.41, 5.74) is 1.82. The third-order valence-electron chi connectivity index (χ3n) is 7.92. The highest BCUT2D eigenvalue weighted by Crippen LogP contribution is 2.62. The van der Waals surface area contributed by atoms with E-state index in [-0.39, 0.29) is 34.2 Å². The lowest BCUT2D eigenvalue weighted by Gasteiger charge is -2.52. The van der Waals surface area contributed by atoms with Gasteiger partial charge in [0.2, 0.25) is 0 Å². The van der Waals surface area contributed by atoms with Gasteiger partial charge in [-0.05, 0) is 90.8 Å². The van der Waals surface area contributed by atoms with Crippen molar-refractivity contribution in [1.82, 2.24) is 0 Å². The smallest absolute Gasteiger partial charge is 0.176 e. The van der Waals surface area contributed by atoms with Crippen molar-refractivity contribution in [2.45, 2.75) is 54.8 Å². The summed E-state index contributed by atoms with van der Waals surface area (Å²) in [5.74, 6) is 1.96. The molecule has 0 aromatic heterocycles. The Morgan fingerprint density at radius 2 is 1.87 bits per heavy atom. The van der Waals surface area contributed by atoms with Crippen molar-refractivity contribution in [2.24, 2.45) is 17.3 Å². The highest BCUT2D eigenvalue weighted by molar-refractivity contribution is 8.00. The molecule has 3 aliphatic carbocycles. The van der Waals surface area contributed by atoms with Gasteiger partial charge in [0.1, 0.15) is 11.5 Å². The number of carbonyl (C=O) groups excluding carboxylic acids is 1. The lowest BCUT2D eigenvalue weighted by molar-refractivity contribution is -0.0193. The Labute approximate surface area is 181 Å². The summed E-state index contributed by atoms with van der Waals surface area (Å²) in [6.45, 7) is 2.22. The predicted molar refractivity (Wildman–Crippen MR) is 117 cm³/mol. The molecule has 158 valence electrons. The van der Waals surface area contributed by atoms with Gasteiger partial charge in [-0.1, -0.05) is 13.0 Å². The van der Waals surface area contributed by atoms with E-state index in [0.717, 1.165) is 41.7 Å². The number of hydrogen-bond donors (Lipinski definition) is 2. The molecule has 2 aromatic carbocycles. The summed E-state index contributed by atoms with van der Waals surface area (Å²) in [6.07, 6.45) is 3.51. The molecule has 2 aromatic rings. The second kappa shape index (κ2) is 7.31. The number of Topliss-reactive ketones (excluding diaryl/α,β-unsaturated/α-hetero) is 1. The molecule has 0 radical (unpaired) electrons. The van der Waals surface area contributed by atoms with Crippen LogP contribution in [0.4, 0.5) is 0 Å². The molecular weight excluding hydrogens is 396 g/mol. The maximum Gasteiger partial charge on any atom is 0.176 e. The number of fused-ring (bicyclic) bond motifs is 5. The number of rotatable bonds is 3. The van der Waals surface area contributed by atoms with Crippen molar-refractivity contribution in [1.29, 1.82) is 0 Å². The van der Waals surface area contributed by atoms with Gasteiger partial charge in [-0.25, -0.2) is 0 Å². The number of methoxy groups -OCH3 is 1. The Morgan fingerprint density at radius 1 is 1.10 bits per heavy atom. The van der Waals surface area contributed by atoms with Crippen LogP contribution in [0.3, 0.4) is 0 Å². The van der Waals surface area contributed by atoms with Gasteiger partial charge in [0.05, 0.1) is 18.5 Å². The Hall–Kier alpha value is -1.98. The molecule has 2 N–H and O–H groups in total. The average molecular weight is 425 g/mol. The van der Waals surface area contributed by atoms with Crippen LogP contribution in [0.15, 0.2) is 47.4 Å². The summed E-state index contributed by atoms with van der Waals surface area (Å²) in [5, 5.41) is 20.2. The topological polar surface area (TPSA) is 66.8 Å². The van der Waals surface area contributed by atoms with E-state index < -0.39 is 0 Å². The number of hydrogen-bond acceptors (Lipinski definition) is 5. The van der Waals surface area contributed by atoms with Gasteiger partial charge >= 0.3 is 0 Å². The number of thioether (sulfide) groups is 1. The van der Waals surface area contributed by atoms with Crippen molar-refractivity contribution in [3.05, 3.63) is 53.6 Å². The molecule has 2 saturated carbocycles. The fourth-order valence-electron chi connectivity index (χ4n) is 6.28. The number of ketones is 1. The average Bonchev–Trinajstić information content (AvgIpc) is 3.06. The largest absolute Gasteiger partial charge is 0.508 e. The number of aliphatic hydroxyl groups is 1. The van der Waals surface area contributed by atoms with Crippen LogP contribution in [0.5, 0.6) is 11.5 Å². The highest BCUT2D eigenvalue weighted by atomic mass is 32.2. The monoisotopic (exact) mass is 424 g/mol. The molecule has 0 amide bonds. The summed E-state index contributed by atoms with van der Waals surface area (Å²) in [7, 11) is 1.63. The van der Waals surface area contributed by atoms with Crippen LogP contribution in [0.25, 0.3) is 0 Å². The zero-order chi connectivity index (χ0) is 21.0. The summed E-state index contributed by atoms with van der Waals surface area (Å²) < 4.78 is 5.41. The van der Waals surface area contributed by atoms with Crippen LogP contribution in [-0.4, -0.2) is 34.5 Å². The predicted octanol–water partition coefficient (Wildman–Crippen LogP) is 5.03. The van der Waals surface area contributed by atoms with E-state index in [2.05, 4.69) is 13.0 Å². The van der Waals surface area contributed by atoms with Crippen molar-refractivity contribution in [3.63, 3.8) is 0 Å². The van der Waals surface area contributed by atoms with E-state index in [0.29, 0.717) is 17.6 Å². The van der Waals surface area contributed by atoms with E-state index in [1.165, 1.54) is 0 Å². The third kappa shape index (κ3) is 2.97. The van der Waals surface area contributed by atoms with Gasteiger partial charge in [0.15, 0.2) is 5.78 Å². The van der Waals surface area contributed by atoms with Crippen LogP contribution in [0, 0.1) is 17.3 Å². The van der Waals surface area contributed by atoms with E-state index >= 15 is 0 Å². The molecule has 0 saturated heterocycles. The van der Waals surface area contributed by atoms with Crippen LogP contribution in [0.2, 0.25) is 0 Å². The summed E-state index contributed by atoms with van der Waals surface area (Å²) >= 11 is 1.61.